The second kappa shape index (κ2) is 8.98. The van der Waals surface area contributed by atoms with Gasteiger partial charge in [0.2, 0.25) is 20.0 Å². The number of benzene rings is 4. The van der Waals surface area contributed by atoms with Gasteiger partial charge in [-0.05, 0) is 52.2 Å². The van der Waals surface area contributed by atoms with Crippen molar-refractivity contribution in [1.29, 1.82) is 0 Å². The van der Waals surface area contributed by atoms with Gasteiger partial charge in [-0.2, -0.15) is 16.9 Å². The molecule has 0 unspecified atom stereocenters. The number of rotatable bonds is 6. The standard InChI is InChI=1S/C25H24N2O4S3/c28-33(29,24-11-9-18-5-1-3-7-20(18)13-24)26-16-22-15-23(32)17-27(22)34(30,31)25-12-10-19-6-2-4-8-21(19)14-25/h1-14,22-23,26,32H,15-17H2/t22-,23+/m0/s1. The van der Waals surface area contributed by atoms with Crippen molar-refractivity contribution in [1.82, 2.24) is 9.03 Å². The molecule has 4 aromatic carbocycles. The molecule has 34 heavy (non-hydrogen) atoms. The summed E-state index contributed by atoms with van der Waals surface area (Å²) in [6.07, 6.45) is 0.455. The molecule has 4 aromatic rings. The third-order valence-corrected chi connectivity index (χ3v) is 9.92. The van der Waals surface area contributed by atoms with Gasteiger partial charge in [0.15, 0.2) is 0 Å². The highest BCUT2D eigenvalue weighted by molar-refractivity contribution is 7.89. The van der Waals surface area contributed by atoms with Crippen molar-refractivity contribution in [2.24, 2.45) is 0 Å². The van der Waals surface area contributed by atoms with E-state index in [2.05, 4.69) is 17.4 Å². The Kier molecular flexibility index (Phi) is 6.16. The Hall–Kier alpha value is -2.43. The molecule has 6 nitrogen and oxygen atoms in total. The Balaban J connectivity index is 1.39. The first-order valence-corrected chi connectivity index (χ1v) is 14.4. The highest BCUT2D eigenvalue weighted by atomic mass is 32.2. The van der Waals surface area contributed by atoms with Gasteiger partial charge in [0.25, 0.3) is 0 Å². The van der Waals surface area contributed by atoms with E-state index >= 15 is 0 Å². The number of fused-ring (bicyclic) bond motifs is 2. The fourth-order valence-electron chi connectivity index (χ4n) is 4.43. The molecule has 0 amide bonds. The minimum atomic E-state index is -3.82. The highest BCUT2D eigenvalue weighted by Gasteiger charge is 2.39. The Morgan fingerprint density at radius 3 is 1.91 bits per heavy atom. The Morgan fingerprint density at radius 2 is 1.29 bits per heavy atom. The molecule has 1 aliphatic rings. The molecule has 9 heteroatoms. The normalized spacial score (nSPS) is 19.7. The Labute approximate surface area is 205 Å². The first-order chi connectivity index (χ1) is 16.2. The summed E-state index contributed by atoms with van der Waals surface area (Å²) in [4.78, 5) is 0.339. The molecule has 0 bridgehead atoms. The van der Waals surface area contributed by atoms with Gasteiger partial charge >= 0.3 is 0 Å². The Morgan fingerprint density at radius 1 is 0.765 bits per heavy atom. The van der Waals surface area contributed by atoms with Crippen LogP contribution in [0.15, 0.2) is 94.7 Å². The highest BCUT2D eigenvalue weighted by Crippen LogP contribution is 2.30. The summed E-state index contributed by atoms with van der Waals surface area (Å²) in [6, 6.07) is 24.5. The molecule has 1 fully saturated rings. The predicted molar refractivity (Wildman–Crippen MR) is 138 cm³/mol. The largest absolute Gasteiger partial charge is 0.243 e. The number of hydrogen-bond acceptors (Lipinski definition) is 5. The van der Waals surface area contributed by atoms with Crippen molar-refractivity contribution in [3.8, 4) is 0 Å². The fraction of sp³-hybridized carbons (Fsp3) is 0.200. The van der Waals surface area contributed by atoms with Crippen molar-refractivity contribution in [3.63, 3.8) is 0 Å². The van der Waals surface area contributed by atoms with Gasteiger partial charge in [0, 0.05) is 24.4 Å². The molecule has 0 saturated carbocycles. The molecule has 0 radical (unpaired) electrons. The number of hydrogen-bond donors (Lipinski definition) is 2. The Bertz CT molecular complexity index is 1590. The second-order valence-electron chi connectivity index (χ2n) is 8.49. The van der Waals surface area contributed by atoms with Crippen LogP contribution in [0.1, 0.15) is 6.42 Å². The average molecular weight is 513 g/mol. The zero-order valence-corrected chi connectivity index (χ0v) is 20.7. The van der Waals surface area contributed by atoms with Crippen LogP contribution in [0.25, 0.3) is 21.5 Å². The molecule has 1 aliphatic heterocycles. The summed E-state index contributed by atoms with van der Waals surface area (Å²) in [5.74, 6) is 0. The van der Waals surface area contributed by atoms with Gasteiger partial charge in [0.05, 0.1) is 9.79 Å². The third-order valence-electron chi connectivity index (χ3n) is 6.21. The molecular weight excluding hydrogens is 488 g/mol. The lowest BCUT2D eigenvalue weighted by Gasteiger charge is -2.24. The smallest absolute Gasteiger partial charge is 0.210 e. The molecular formula is C25H24N2O4S3. The van der Waals surface area contributed by atoms with E-state index in [-0.39, 0.29) is 28.1 Å². The minimum Gasteiger partial charge on any atom is -0.210 e. The fourth-order valence-corrected chi connectivity index (χ4v) is 7.78. The molecule has 1 heterocycles. The predicted octanol–water partition coefficient (Wildman–Crippen LogP) is 4.03. The van der Waals surface area contributed by atoms with E-state index in [4.69, 9.17) is 0 Å². The molecule has 0 aliphatic carbocycles. The maximum Gasteiger partial charge on any atom is 0.243 e. The zero-order chi connectivity index (χ0) is 23.9. The maximum absolute atomic E-state index is 13.5. The van der Waals surface area contributed by atoms with Crippen LogP contribution in [0.4, 0.5) is 0 Å². The summed E-state index contributed by atoms with van der Waals surface area (Å²) in [5, 5.41) is 3.38. The third kappa shape index (κ3) is 4.46. The summed E-state index contributed by atoms with van der Waals surface area (Å²) < 4.78 is 56.9. The second-order valence-corrected chi connectivity index (χ2v) is 12.9. The summed E-state index contributed by atoms with van der Waals surface area (Å²) in [7, 11) is -7.64. The number of nitrogens with one attached hydrogen (secondary N) is 1. The van der Waals surface area contributed by atoms with E-state index in [1.807, 2.05) is 48.5 Å². The van der Waals surface area contributed by atoms with Gasteiger partial charge in [-0.1, -0.05) is 60.7 Å². The van der Waals surface area contributed by atoms with Crippen LogP contribution in [0.3, 0.4) is 0 Å². The lowest BCUT2D eigenvalue weighted by atomic mass is 10.1. The quantitative estimate of drug-likeness (QED) is 0.382. The maximum atomic E-state index is 13.5. The lowest BCUT2D eigenvalue weighted by Crippen LogP contribution is -2.43. The van der Waals surface area contributed by atoms with Crippen molar-refractivity contribution in [2.75, 3.05) is 13.1 Å². The molecule has 2 atom stereocenters. The van der Waals surface area contributed by atoms with Crippen LogP contribution < -0.4 is 4.72 Å². The molecule has 5 rings (SSSR count). The number of nitrogens with zero attached hydrogens (tertiary/aromatic N) is 1. The lowest BCUT2D eigenvalue weighted by molar-refractivity contribution is 0.385. The van der Waals surface area contributed by atoms with E-state index in [0.717, 1.165) is 21.5 Å². The zero-order valence-electron chi connectivity index (χ0n) is 18.2. The van der Waals surface area contributed by atoms with Crippen LogP contribution in [-0.2, 0) is 20.0 Å². The van der Waals surface area contributed by atoms with Crippen molar-refractivity contribution in [3.05, 3.63) is 84.9 Å². The van der Waals surface area contributed by atoms with Crippen molar-refractivity contribution < 1.29 is 16.8 Å². The first kappa shape index (κ1) is 23.3. The van der Waals surface area contributed by atoms with Crippen molar-refractivity contribution in [2.45, 2.75) is 27.5 Å². The van der Waals surface area contributed by atoms with Crippen molar-refractivity contribution >= 4 is 54.2 Å². The summed E-state index contributed by atoms with van der Waals surface area (Å²) in [6.45, 7) is 0.194. The van der Waals surface area contributed by atoms with E-state index in [1.165, 1.54) is 4.31 Å². The topological polar surface area (TPSA) is 83.6 Å². The van der Waals surface area contributed by atoms with Crippen LogP contribution in [0.5, 0.6) is 0 Å². The first-order valence-electron chi connectivity index (χ1n) is 10.9. The number of thiol groups is 1. The molecule has 0 aromatic heterocycles. The van der Waals surface area contributed by atoms with E-state index in [1.54, 1.807) is 36.4 Å². The molecule has 176 valence electrons. The average Bonchev–Trinajstić information content (AvgIpc) is 3.23. The molecule has 0 spiro atoms. The van der Waals surface area contributed by atoms with Gasteiger partial charge in [0.1, 0.15) is 0 Å². The minimum absolute atomic E-state index is 0.0287. The molecule has 1 saturated heterocycles. The van der Waals surface area contributed by atoms with Crippen LogP contribution >= 0.6 is 12.6 Å². The van der Waals surface area contributed by atoms with Gasteiger partial charge in [-0.3, -0.25) is 0 Å². The van der Waals surface area contributed by atoms with E-state index in [0.29, 0.717) is 6.42 Å². The summed E-state index contributed by atoms with van der Waals surface area (Å²) in [5.41, 5.74) is 0. The van der Waals surface area contributed by atoms with E-state index in [9.17, 15) is 16.8 Å². The summed E-state index contributed by atoms with van der Waals surface area (Å²) >= 11 is 4.51. The van der Waals surface area contributed by atoms with Gasteiger partial charge in [-0.25, -0.2) is 21.6 Å². The van der Waals surface area contributed by atoms with E-state index < -0.39 is 26.1 Å². The van der Waals surface area contributed by atoms with Gasteiger partial charge < -0.3 is 0 Å². The van der Waals surface area contributed by atoms with Crippen LogP contribution in [0.2, 0.25) is 0 Å². The van der Waals surface area contributed by atoms with Gasteiger partial charge in [-0.15, -0.1) is 0 Å². The number of sulfonamides is 2. The SMILES string of the molecule is O=S(=O)(NC[C@@H]1C[C@@H](S)CN1S(=O)(=O)c1ccc2ccccc2c1)c1ccc2ccccc2c1. The van der Waals surface area contributed by atoms with Crippen LogP contribution in [-0.4, -0.2) is 45.5 Å². The van der Waals surface area contributed by atoms with Crippen LogP contribution in [0, 0.1) is 0 Å². The molecule has 1 N–H and O–H groups in total. The monoisotopic (exact) mass is 512 g/mol.